The quantitative estimate of drug-likeness (QED) is 0.323. The van der Waals surface area contributed by atoms with E-state index in [0.717, 1.165) is 56.6 Å². The molecule has 0 bridgehead atoms. The van der Waals surface area contributed by atoms with Gasteiger partial charge < -0.3 is 25.0 Å². The molecule has 0 atom stereocenters. The smallest absolute Gasteiger partial charge is 0.259 e. The summed E-state index contributed by atoms with van der Waals surface area (Å²) >= 11 is 0. The van der Waals surface area contributed by atoms with Crippen molar-refractivity contribution >= 4 is 45.3 Å². The van der Waals surface area contributed by atoms with E-state index in [1.54, 1.807) is 12.1 Å². The van der Waals surface area contributed by atoms with Crippen LogP contribution in [-0.2, 0) is 11.8 Å². The van der Waals surface area contributed by atoms with Gasteiger partial charge in [0.1, 0.15) is 17.0 Å². The number of fused-ring (bicyclic) bond motifs is 5. The van der Waals surface area contributed by atoms with E-state index in [-0.39, 0.29) is 22.8 Å². The van der Waals surface area contributed by atoms with Gasteiger partial charge in [-0.15, -0.1) is 0 Å². The summed E-state index contributed by atoms with van der Waals surface area (Å²) in [7, 11) is 1.88. The Morgan fingerprint density at radius 2 is 1.74 bits per heavy atom. The zero-order valence-electron chi connectivity index (χ0n) is 22.4. The van der Waals surface area contributed by atoms with E-state index in [0.29, 0.717) is 42.0 Å². The molecule has 10 heteroatoms. The van der Waals surface area contributed by atoms with Gasteiger partial charge in [0.15, 0.2) is 5.65 Å². The van der Waals surface area contributed by atoms with Crippen LogP contribution in [0.4, 0.5) is 5.82 Å². The van der Waals surface area contributed by atoms with Gasteiger partial charge in [0.2, 0.25) is 11.3 Å². The van der Waals surface area contributed by atoms with Crippen molar-refractivity contribution in [1.29, 1.82) is 0 Å². The summed E-state index contributed by atoms with van der Waals surface area (Å²) in [5, 5.41) is 6.75. The molecule has 39 heavy (non-hydrogen) atoms. The lowest BCUT2D eigenvalue weighted by Crippen LogP contribution is -2.36. The molecule has 2 aliphatic rings. The van der Waals surface area contributed by atoms with Crippen LogP contribution in [0.1, 0.15) is 42.5 Å². The van der Waals surface area contributed by atoms with E-state index < -0.39 is 0 Å². The molecule has 1 aromatic carbocycles. The number of rotatable bonds is 9. The van der Waals surface area contributed by atoms with Gasteiger partial charge in [0, 0.05) is 46.2 Å². The average molecular weight is 530 g/mol. The van der Waals surface area contributed by atoms with Crippen molar-refractivity contribution in [1.82, 2.24) is 29.1 Å². The molecule has 10 nitrogen and oxygen atoms in total. The van der Waals surface area contributed by atoms with Gasteiger partial charge >= 0.3 is 0 Å². The predicted octanol–water partition coefficient (Wildman–Crippen LogP) is 2.59. The van der Waals surface area contributed by atoms with Crippen molar-refractivity contribution < 1.29 is 9.59 Å². The Labute approximate surface area is 226 Å². The van der Waals surface area contributed by atoms with Crippen LogP contribution in [0.15, 0.2) is 41.2 Å². The van der Waals surface area contributed by atoms with Gasteiger partial charge in [0.25, 0.3) is 5.91 Å². The highest BCUT2D eigenvalue weighted by Gasteiger charge is 2.24. The lowest BCUT2D eigenvalue weighted by molar-refractivity contribution is -0.127. The first kappa shape index (κ1) is 25.4. The Balaban J connectivity index is 1.34. The number of carbonyl (C=O) groups is 2. The number of aryl methyl sites for hydroxylation is 1. The summed E-state index contributed by atoms with van der Waals surface area (Å²) < 4.78 is 3.83. The Morgan fingerprint density at radius 1 is 0.949 bits per heavy atom. The largest absolute Gasteiger partial charge is 0.370 e. The number of imidazole rings is 1. The summed E-state index contributed by atoms with van der Waals surface area (Å²) in [5.74, 6) is 0.523. The first-order chi connectivity index (χ1) is 19.0. The topological polar surface area (TPSA) is 104 Å². The third-order valence-electron chi connectivity index (χ3n) is 8.02. The van der Waals surface area contributed by atoms with E-state index >= 15 is 0 Å². The van der Waals surface area contributed by atoms with Crippen LogP contribution in [0.2, 0.25) is 0 Å². The molecule has 5 heterocycles. The Morgan fingerprint density at radius 3 is 2.51 bits per heavy atom. The summed E-state index contributed by atoms with van der Waals surface area (Å²) in [5.41, 5.74) is 2.65. The minimum atomic E-state index is -0.358. The fourth-order valence-electron chi connectivity index (χ4n) is 5.99. The van der Waals surface area contributed by atoms with E-state index in [1.807, 2.05) is 45.2 Å². The Bertz CT molecular complexity index is 1620. The molecule has 0 aliphatic carbocycles. The maximum absolute atomic E-state index is 13.8. The van der Waals surface area contributed by atoms with E-state index in [4.69, 9.17) is 4.98 Å². The molecule has 6 rings (SSSR count). The zero-order valence-corrected chi connectivity index (χ0v) is 22.4. The van der Waals surface area contributed by atoms with Gasteiger partial charge in [0.05, 0.1) is 16.4 Å². The number of hydrogen-bond acceptors (Lipinski definition) is 6. The summed E-state index contributed by atoms with van der Waals surface area (Å²) in [6, 6.07) is 11.4. The number of likely N-dealkylation sites (tertiary alicyclic amines) is 2. The second kappa shape index (κ2) is 10.7. The van der Waals surface area contributed by atoms with Crippen molar-refractivity contribution in [3.8, 4) is 0 Å². The fraction of sp³-hybridized carbons (Fsp3) is 0.448. The molecule has 2 amide bonds. The number of aromatic nitrogens is 3. The fourth-order valence-corrected chi connectivity index (χ4v) is 5.99. The van der Waals surface area contributed by atoms with Crippen LogP contribution in [0.3, 0.4) is 0 Å². The van der Waals surface area contributed by atoms with Gasteiger partial charge in [-0.25, -0.2) is 4.98 Å². The number of hydrogen-bond donors (Lipinski definition) is 2. The maximum Gasteiger partial charge on any atom is 0.259 e. The van der Waals surface area contributed by atoms with Crippen LogP contribution in [0, 0.1) is 0 Å². The molecular weight excluding hydrogens is 494 g/mol. The molecule has 0 unspecified atom stereocenters. The highest BCUT2D eigenvalue weighted by molar-refractivity contribution is 6.05. The summed E-state index contributed by atoms with van der Waals surface area (Å²) in [6.07, 6.45) is 4.78. The second-order valence-electron chi connectivity index (χ2n) is 10.5. The second-order valence-corrected chi connectivity index (χ2v) is 10.5. The molecule has 2 fully saturated rings. The number of benzene rings is 1. The van der Waals surface area contributed by atoms with E-state index in [1.165, 1.54) is 12.8 Å². The highest BCUT2D eigenvalue weighted by atomic mass is 16.2. The first-order valence-corrected chi connectivity index (χ1v) is 14.0. The van der Waals surface area contributed by atoms with Crippen molar-refractivity contribution in [2.45, 2.75) is 32.1 Å². The van der Waals surface area contributed by atoms with Gasteiger partial charge in [-0.05, 0) is 63.0 Å². The molecule has 4 aromatic rings. The van der Waals surface area contributed by atoms with Crippen LogP contribution < -0.4 is 16.1 Å². The van der Waals surface area contributed by atoms with Crippen molar-refractivity contribution in [2.75, 3.05) is 51.1 Å². The maximum atomic E-state index is 13.8. The van der Waals surface area contributed by atoms with Crippen molar-refractivity contribution in [3.63, 3.8) is 0 Å². The van der Waals surface area contributed by atoms with Crippen molar-refractivity contribution in [2.24, 2.45) is 7.05 Å². The van der Waals surface area contributed by atoms with E-state index in [9.17, 15) is 14.4 Å². The van der Waals surface area contributed by atoms with Crippen LogP contribution in [-0.4, -0.2) is 81.4 Å². The molecule has 0 radical (unpaired) electrons. The standard InChI is InChI=1S/C29H35N7O3/c1-33-21-8-2-3-9-22(21)36-27-20(11-12-23(32-27)30-13-7-18-35-17-6-10-24(35)37)26(38)25(29(33)36)28(39)31-14-19-34-15-4-5-16-34/h2-3,8-9,11-12H,4-7,10,13-19H2,1H3,(H,30,32)(H,31,39). The molecule has 3 aromatic heterocycles. The number of nitrogens with one attached hydrogen (secondary N) is 2. The van der Waals surface area contributed by atoms with E-state index in [2.05, 4.69) is 15.5 Å². The average Bonchev–Trinajstić information content (AvgIpc) is 3.68. The van der Waals surface area contributed by atoms with Crippen LogP contribution in [0.25, 0.3) is 27.7 Å². The molecular formula is C29H35N7O3. The predicted molar refractivity (Wildman–Crippen MR) is 152 cm³/mol. The minimum absolute atomic E-state index is 0.139. The number of nitrogens with zero attached hydrogens (tertiary/aromatic N) is 5. The number of para-hydroxylation sites is 2. The van der Waals surface area contributed by atoms with Crippen LogP contribution >= 0.6 is 0 Å². The number of anilines is 1. The minimum Gasteiger partial charge on any atom is -0.370 e. The van der Waals surface area contributed by atoms with Gasteiger partial charge in [-0.3, -0.25) is 18.8 Å². The third-order valence-corrected chi connectivity index (χ3v) is 8.02. The van der Waals surface area contributed by atoms with Gasteiger partial charge in [-0.1, -0.05) is 12.1 Å². The lowest BCUT2D eigenvalue weighted by Gasteiger charge is -2.16. The number of pyridine rings is 2. The molecule has 2 N–H and O–H groups in total. The normalized spacial score (nSPS) is 16.2. The Kier molecular flexibility index (Phi) is 6.95. The summed E-state index contributed by atoms with van der Waals surface area (Å²) in [4.78, 5) is 48.2. The highest BCUT2D eigenvalue weighted by Crippen LogP contribution is 2.26. The first-order valence-electron chi connectivity index (χ1n) is 14.0. The van der Waals surface area contributed by atoms with Crippen molar-refractivity contribution in [3.05, 3.63) is 52.2 Å². The lowest BCUT2D eigenvalue weighted by atomic mass is 10.1. The number of carbonyl (C=O) groups excluding carboxylic acids is 2. The monoisotopic (exact) mass is 529 g/mol. The summed E-state index contributed by atoms with van der Waals surface area (Å²) in [6.45, 7) is 5.61. The van der Waals surface area contributed by atoms with Crippen LogP contribution in [0.5, 0.6) is 0 Å². The molecule has 0 spiro atoms. The Hall–Kier alpha value is -3.92. The molecule has 204 valence electrons. The molecule has 0 saturated carbocycles. The number of amides is 2. The zero-order chi connectivity index (χ0) is 26.9. The van der Waals surface area contributed by atoms with Gasteiger partial charge in [-0.2, -0.15) is 0 Å². The molecule has 2 saturated heterocycles. The third kappa shape index (κ3) is 4.73. The SMILES string of the molecule is Cn1c2ccccc2n2c3nc(NCCCN4CCCC4=O)ccc3c(=O)c(C(=O)NCCN3CCCC3)c12. The molecule has 2 aliphatic heterocycles.